The van der Waals surface area contributed by atoms with E-state index in [4.69, 9.17) is 4.74 Å². The summed E-state index contributed by atoms with van der Waals surface area (Å²) in [6.45, 7) is 8.61. The highest BCUT2D eigenvalue weighted by atomic mass is 16.5. The van der Waals surface area contributed by atoms with Crippen LogP contribution in [0.25, 0.3) is 0 Å². The summed E-state index contributed by atoms with van der Waals surface area (Å²) in [7, 11) is 0. The quantitative estimate of drug-likeness (QED) is 0.279. The second-order valence-corrected chi connectivity index (χ2v) is 9.25. The van der Waals surface area contributed by atoms with Crippen molar-refractivity contribution in [2.75, 3.05) is 0 Å². The van der Waals surface area contributed by atoms with Gasteiger partial charge in [0.25, 0.3) is 0 Å². The molecule has 1 aromatic rings. The molecular weight excluding hydrogens is 398 g/mol. The summed E-state index contributed by atoms with van der Waals surface area (Å²) in [6, 6.07) is 5.97. The minimum absolute atomic E-state index is 0.0476. The molecule has 0 saturated carbocycles. The number of allylic oxidation sites excluding steroid dienone is 2. The molecule has 0 fully saturated rings. The smallest absolute Gasteiger partial charge is 0.338 e. The van der Waals surface area contributed by atoms with Gasteiger partial charge in [-0.3, -0.25) is 4.79 Å². The first-order valence-corrected chi connectivity index (χ1v) is 12.3. The first-order valence-electron chi connectivity index (χ1n) is 12.3. The van der Waals surface area contributed by atoms with E-state index in [9.17, 15) is 9.59 Å². The van der Waals surface area contributed by atoms with Crippen molar-refractivity contribution in [3.8, 4) is 0 Å². The fourth-order valence-electron chi connectivity index (χ4n) is 4.15. The molecule has 0 spiro atoms. The van der Waals surface area contributed by atoms with Crippen molar-refractivity contribution in [3.05, 3.63) is 59.3 Å². The van der Waals surface area contributed by atoms with Crippen LogP contribution in [-0.2, 0) is 16.0 Å². The predicted molar refractivity (Wildman–Crippen MR) is 131 cm³/mol. The van der Waals surface area contributed by atoms with E-state index in [1.165, 1.54) is 12.8 Å². The maximum atomic E-state index is 13.1. The minimum atomic E-state index is -0.245. The van der Waals surface area contributed by atoms with Gasteiger partial charge >= 0.3 is 5.97 Å². The van der Waals surface area contributed by atoms with Crippen molar-refractivity contribution in [2.24, 2.45) is 11.8 Å². The molecule has 1 amide bonds. The number of esters is 1. The largest absolute Gasteiger partial charge is 0.458 e. The van der Waals surface area contributed by atoms with E-state index in [1.807, 2.05) is 31.2 Å². The van der Waals surface area contributed by atoms with Crippen LogP contribution in [0.15, 0.2) is 42.6 Å². The number of cyclic esters (lactones) is 1. The fraction of sp³-hybridized carbons (Fsp3) is 0.571. The molecule has 0 saturated heterocycles. The van der Waals surface area contributed by atoms with E-state index >= 15 is 0 Å². The van der Waals surface area contributed by atoms with Gasteiger partial charge in [-0.15, -0.1) is 0 Å². The molecule has 1 heterocycles. The Bertz CT molecular complexity index is 796. The Labute approximate surface area is 194 Å². The number of benzene rings is 1. The number of aryl methyl sites for hydroxylation is 1. The first kappa shape index (κ1) is 25.9. The zero-order valence-electron chi connectivity index (χ0n) is 20.4. The zero-order valence-corrected chi connectivity index (χ0v) is 20.4. The third kappa shape index (κ3) is 8.64. The van der Waals surface area contributed by atoms with E-state index in [1.54, 1.807) is 6.20 Å². The zero-order chi connectivity index (χ0) is 23.3. The summed E-state index contributed by atoms with van der Waals surface area (Å²) < 4.78 is 6.02. The first-order chi connectivity index (χ1) is 15.4. The van der Waals surface area contributed by atoms with Crippen molar-refractivity contribution in [1.82, 2.24) is 5.32 Å². The number of rotatable bonds is 8. The highest BCUT2D eigenvalue weighted by Crippen LogP contribution is 2.26. The maximum Gasteiger partial charge on any atom is 0.338 e. The molecule has 0 aliphatic carbocycles. The molecule has 0 radical (unpaired) electrons. The SMILES string of the molecule is CCCCCCC(=O)N/C=C/C[C@H]1C[C@@H](C)[C@@H](C)C/C=C/Cc2cccc(C)c2C(=O)O1. The molecule has 32 heavy (non-hydrogen) atoms. The monoisotopic (exact) mass is 439 g/mol. The van der Waals surface area contributed by atoms with Crippen LogP contribution in [0.5, 0.6) is 0 Å². The van der Waals surface area contributed by atoms with Crippen LogP contribution in [0.4, 0.5) is 0 Å². The van der Waals surface area contributed by atoms with Gasteiger partial charge in [-0.25, -0.2) is 4.79 Å². The normalized spacial score (nSPS) is 23.0. The van der Waals surface area contributed by atoms with Crippen LogP contribution in [0.2, 0.25) is 0 Å². The van der Waals surface area contributed by atoms with E-state index in [2.05, 4.69) is 38.2 Å². The highest BCUT2D eigenvalue weighted by Gasteiger charge is 2.23. The van der Waals surface area contributed by atoms with Gasteiger partial charge in [0.05, 0.1) is 5.56 Å². The number of amides is 1. The van der Waals surface area contributed by atoms with Crippen molar-refractivity contribution in [3.63, 3.8) is 0 Å². The fourth-order valence-corrected chi connectivity index (χ4v) is 4.15. The Morgan fingerprint density at radius 2 is 1.97 bits per heavy atom. The topological polar surface area (TPSA) is 55.4 Å². The van der Waals surface area contributed by atoms with E-state index < -0.39 is 0 Å². The number of nitrogens with one attached hydrogen (secondary N) is 1. The van der Waals surface area contributed by atoms with Gasteiger partial charge in [0.15, 0.2) is 0 Å². The summed E-state index contributed by atoms with van der Waals surface area (Å²) in [5.74, 6) is 0.738. The molecule has 1 N–H and O–H groups in total. The molecular formula is C28H41NO3. The molecule has 1 aliphatic heterocycles. The summed E-state index contributed by atoms with van der Waals surface area (Å²) in [6.07, 6.45) is 15.9. The number of hydrogen-bond acceptors (Lipinski definition) is 3. The van der Waals surface area contributed by atoms with Gasteiger partial charge in [0.2, 0.25) is 5.91 Å². The lowest BCUT2D eigenvalue weighted by molar-refractivity contribution is -0.120. The minimum Gasteiger partial charge on any atom is -0.458 e. The van der Waals surface area contributed by atoms with Crippen molar-refractivity contribution in [1.29, 1.82) is 0 Å². The van der Waals surface area contributed by atoms with Gasteiger partial charge < -0.3 is 10.1 Å². The van der Waals surface area contributed by atoms with E-state index in [-0.39, 0.29) is 18.0 Å². The second kappa shape index (κ2) is 13.9. The summed E-state index contributed by atoms with van der Waals surface area (Å²) >= 11 is 0. The van der Waals surface area contributed by atoms with Crippen molar-refractivity contribution in [2.45, 2.75) is 91.6 Å². The molecule has 2 rings (SSSR count). The summed E-state index contributed by atoms with van der Waals surface area (Å²) in [4.78, 5) is 25.1. The Hall–Kier alpha value is -2.36. The van der Waals surface area contributed by atoms with Gasteiger partial charge in [-0.05, 0) is 61.8 Å². The predicted octanol–water partition coefficient (Wildman–Crippen LogP) is 6.68. The standard InChI is InChI=1S/C28H41NO3/c1-5-6-7-8-18-26(30)29-19-12-17-25-20-23(4)21(2)13-9-10-15-24-16-11-14-22(3)27(24)28(31)32-25/h9-12,14,16,19,21,23,25H,5-8,13,15,17-18,20H2,1-4H3,(H,29,30)/b10-9+,19-12+/t21-,23+,25-/m0/s1. The molecule has 0 bridgehead atoms. The summed E-state index contributed by atoms with van der Waals surface area (Å²) in [5, 5.41) is 2.85. The molecule has 4 heteroatoms. The molecule has 4 nitrogen and oxygen atoms in total. The lowest BCUT2D eigenvalue weighted by Crippen LogP contribution is -2.24. The molecule has 1 aliphatic rings. The Balaban J connectivity index is 2.05. The number of fused-ring (bicyclic) bond motifs is 1. The van der Waals surface area contributed by atoms with Crippen LogP contribution in [0.1, 0.15) is 93.6 Å². The van der Waals surface area contributed by atoms with Crippen molar-refractivity contribution < 1.29 is 14.3 Å². The van der Waals surface area contributed by atoms with Crippen LogP contribution in [0, 0.1) is 18.8 Å². The van der Waals surface area contributed by atoms with Crippen LogP contribution in [-0.4, -0.2) is 18.0 Å². The molecule has 176 valence electrons. The Kier molecular flexibility index (Phi) is 11.3. The van der Waals surface area contributed by atoms with Gasteiger partial charge in [0, 0.05) is 12.8 Å². The highest BCUT2D eigenvalue weighted by molar-refractivity contribution is 5.93. The van der Waals surface area contributed by atoms with Crippen LogP contribution >= 0.6 is 0 Å². The van der Waals surface area contributed by atoms with E-state index in [0.29, 0.717) is 30.2 Å². The lowest BCUT2D eigenvalue weighted by atomic mass is 9.87. The molecule has 3 atom stereocenters. The van der Waals surface area contributed by atoms with Crippen LogP contribution < -0.4 is 5.32 Å². The Morgan fingerprint density at radius 3 is 2.75 bits per heavy atom. The van der Waals surface area contributed by atoms with E-state index in [0.717, 1.165) is 43.2 Å². The maximum absolute atomic E-state index is 13.1. The number of unbranched alkanes of at least 4 members (excludes halogenated alkanes) is 3. The number of ether oxygens (including phenoxy) is 1. The van der Waals surface area contributed by atoms with Gasteiger partial charge in [-0.1, -0.05) is 76.5 Å². The number of carbonyl (C=O) groups excluding carboxylic acids is 2. The lowest BCUT2D eigenvalue weighted by Gasteiger charge is -2.25. The summed E-state index contributed by atoms with van der Waals surface area (Å²) in [5.41, 5.74) is 2.65. The Morgan fingerprint density at radius 1 is 1.16 bits per heavy atom. The third-order valence-electron chi connectivity index (χ3n) is 6.47. The van der Waals surface area contributed by atoms with Gasteiger partial charge in [0.1, 0.15) is 6.10 Å². The van der Waals surface area contributed by atoms with Crippen LogP contribution in [0.3, 0.4) is 0 Å². The average Bonchev–Trinajstić information content (AvgIpc) is 2.76. The second-order valence-electron chi connectivity index (χ2n) is 9.25. The van der Waals surface area contributed by atoms with Crippen molar-refractivity contribution >= 4 is 11.9 Å². The molecule has 1 aromatic carbocycles. The number of hydrogen-bond donors (Lipinski definition) is 1. The van der Waals surface area contributed by atoms with Gasteiger partial charge in [-0.2, -0.15) is 0 Å². The average molecular weight is 440 g/mol. The molecule has 0 unspecified atom stereocenters. The third-order valence-corrected chi connectivity index (χ3v) is 6.47. The molecule has 0 aromatic heterocycles. The number of carbonyl (C=O) groups is 2.